The standard InChI is InChI=1S/C14H14N2O2S/c17-16(18)14-8-6-11(19-14)9-15-13-7-5-10-3-1-2-4-12(10)13/h1-4,6,8,13,15H,5,7,9H2. The summed E-state index contributed by atoms with van der Waals surface area (Å²) in [4.78, 5) is 11.3. The maximum absolute atomic E-state index is 10.6. The summed E-state index contributed by atoms with van der Waals surface area (Å²) in [6.07, 6.45) is 2.21. The molecule has 1 heterocycles. The molecule has 0 fully saturated rings. The number of benzene rings is 1. The Hall–Kier alpha value is -1.72. The summed E-state index contributed by atoms with van der Waals surface area (Å²) in [5.41, 5.74) is 2.78. The Morgan fingerprint density at radius 3 is 2.95 bits per heavy atom. The number of fused-ring (bicyclic) bond motifs is 1. The second-order valence-corrected chi connectivity index (χ2v) is 5.81. The molecule has 0 aliphatic heterocycles. The summed E-state index contributed by atoms with van der Waals surface area (Å²) in [6, 6.07) is 12.3. The molecule has 0 saturated heterocycles. The summed E-state index contributed by atoms with van der Waals surface area (Å²) in [6.45, 7) is 0.692. The van der Waals surface area contributed by atoms with E-state index in [2.05, 4.69) is 29.6 Å². The van der Waals surface area contributed by atoms with Crippen LogP contribution in [-0.4, -0.2) is 4.92 Å². The number of hydrogen-bond acceptors (Lipinski definition) is 4. The van der Waals surface area contributed by atoms with Gasteiger partial charge in [0.25, 0.3) is 0 Å². The van der Waals surface area contributed by atoms with Crippen molar-refractivity contribution >= 4 is 16.3 Å². The van der Waals surface area contributed by atoms with Crippen molar-refractivity contribution in [3.05, 3.63) is 62.5 Å². The van der Waals surface area contributed by atoms with Crippen molar-refractivity contribution in [2.45, 2.75) is 25.4 Å². The lowest BCUT2D eigenvalue weighted by Gasteiger charge is -2.12. The summed E-state index contributed by atoms with van der Waals surface area (Å²) in [7, 11) is 0. The van der Waals surface area contributed by atoms with Crippen molar-refractivity contribution in [2.75, 3.05) is 0 Å². The van der Waals surface area contributed by atoms with Gasteiger partial charge in [-0.1, -0.05) is 35.6 Å². The third-order valence-corrected chi connectivity index (χ3v) is 4.52. The van der Waals surface area contributed by atoms with E-state index in [1.54, 1.807) is 6.07 Å². The molecule has 4 nitrogen and oxygen atoms in total. The molecule has 1 aliphatic carbocycles. The molecule has 5 heteroatoms. The van der Waals surface area contributed by atoms with Crippen molar-refractivity contribution in [3.63, 3.8) is 0 Å². The molecule has 0 radical (unpaired) electrons. The molecule has 0 spiro atoms. The topological polar surface area (TPSA) is 55.2 Å². The zero-order valence-corrected chi connectivity index (χ0v) is 11.2. The summed E-state index contributed by atoms with van der Waals surface area (Å²) >= 11 is 1.24. The average molecular weight is 274 g/mol. The molecule has 0 amide bonds. The van der Waals surface area contributed by atoms with Gasteiger partial charge in [0.1, 0.15) is 0 Å². The van der Waals surface area contributed by atoms with Crippen molar-refractivity contribution in [1.82, 2.24) is 5.32 Å². The highest BCUT2D eigenvalue weighted by Crippen LogP contribution is 2.31. The second-order valence-electron chi connectivity index (χ2n) is 4.67. The van der Waals surface area contributed by atoms with Gasteiger partial charge in [-0.3, -0.25) is 10.1 Å². The Morgan fingerprint density at radius 1 is 1.32 bits per heavy atom. The first-order valence-electron chi connectivity index (χ1n) is 6.28. The molecule has 0 bridgehead atoms. The van der Waals surface area contributed by atoms with Crippen LogP contribution >= 0.6 is 11.3 Å². The summed E-state index contributed by atoms with van der Waals surface area (Å²) in [5.74, 6) is 0. The fraction of sp³-hybridized carbons (Fsp3) is 0.286. The average Bonchev–Trinajstić information content (AvgIpc) is 3.03. The molecular weight excluding hydrogens is 260 g/mol. The SMILES string of the molecule is O=[N+]([O-])c1ccc(CNC2CCc3ccccc32)s1. The van der Waals surface area contributed by atoms with E-state index in [1.165, 1.54) is 22.5 Å². The van der Waals surface area contributed by atoms with Crippen LogP contribution in [0.1, 0.15) is 28.5 Å². The number of rotatable bonds is 4. The lowest BCUT2D eigenvalue weighted by atomic mass is 10.1. The second kappa shape index (κ2) is 5.11. The molecule has 1 aromatic carbocycles. The van der Waals surface area contributed by atoms with Gasteiger partial charge in [-0.2, -0.15) is 0 Å². The van der Waals surface area contributed by atoms with E-state index >= 15 is 0 Å². The summed E-state index contributed by atoms with van der Waals surface area (Å²) < 4.78 is 0. The van der Waals surface area contributed by atoms with Crippen molar-refractivity contribution in [2.24, 2.45) is 0 Å². The van der Waals surface area contributed by atoms with Gasteiger partial charge in [-0.15, -0.1) is 0 Å². The van der Waals surface area contributed by atoms with Crippen molar-refractivity contribution in [3.8, 4) is 0 Å². The molecule has 1 aromatic heterocycles. The Morgan fingerprint density at radius 2 is 2.16 bits per heavy atom. The van der Waals surface area contributed by atoms with Crippen LogP contribution in [0.3, 0.4) is 0 Å². The van der Waals surface area contributed by atoms with Crippen molar-refractivity contribution < 1.29 is 4.92 Å². The molecule has 0 saturated carbocycles. The lowest BCUT2D eigenvalue weighted by Crippen LogP contribution is -2.17. The third-order valence-electron chi connectivity index (χ3n) is 3.48. The predicted molar refractivity (Wildman–Crippen MR) is 75.3 cm³/mol. The van der Waals surface area contributed by atoms with E-state index in [1.807, 2.05) is 6.07 Å². The molecule has 1 aliphatic rings. The van der Waals surface area contributed by atoms with Crippen LogP contribution in [0, 0.1) is 10.1 Å². The normalized spacial score (nSPS) is 17.4. The van der Waals surface area contributed by atoms with E-state index in [4.69, 9.17) is 0 Å². The lowest BCUT2D eigenvalue weighted by molar-refractivity contribution is -0.380. The van der Waals surface area contributed by atoms with Gasteiger partial charge in [0.15, 0.2) is 0 Å². The highest BCUT2D eigenvalue weighted by Gasteiger charge is 2.21. The number of nitrogens with one attached hydrogen (secondary N) is 1. The van der Waals surface area contributed by atoms with E-state index in [9.17, 15) is 10.1 Å². The highest BCUT2D eigenvalue weighted by molar-refractivity contribution is 7.15. The van der Waals surface area contributed by atoms with Crippen LogP contribution in [0.15, 0.2) is 36.4 Å². The zero-order chi connectivity index (χ0) is 13.2. The predicted octanol–water partition coefficient (Wildman–Crippen LogP) is 3.43. The molecule has 1 unspecified atom stereocenters. The van der Waals surface area contributed by atoms with Crippen LogP contribution in [0.5, 0.6) is 0 Å². The highest BCUT2D eigenvalue weighted by atomic mass is 32.1. The van der Waals surface area contributed by atoms with Crippen LogP contribution in [0.2, 0.25) is 0 Å². The van der Waals surface area contributed by atoms with E-state index in [0.717, 1.165) is 17.7 Å². The number of hydrogen-bond donors (Lipinski definition) is 1. The van der Waals surface area contributed by atoms with Crippen LogP contribution in [0.4, 0.5) is 5.00 Å². The van der Waals surface area contributed by atoms with Crippen molar-refractivity contribution in [1.29, 1.82) is 0 Å². The van der Waals surface area contributed by atoms with Gasteiger partial charge < -0.3 is 5.32 Å². The minimum absolute atomic E-state index is 0.212. The van der Waals surface area contributed by atoms with Crippen LogP contribution in [0.25, 0.3) is 0 Å². The maximum Gasteiger partial charge on any atom is 0.324 e. The minimum Gasteiger partial charge on any atom is -0.305 e. The van der Waals surface area contributed by atoms with E-state index in [0.29, 0.717) is 12.6 Å². The molecule has 1 N–H and O–H groups in total. The van der Waals surface area contributed by atoms with E-state index < -0.39 is 0 Å². The first-order chi connectivity index (χ1) is 9.24. The van der Waals surface area contributed by atoms with Gasteiger partial charge in [-0.25, -0.2) is 0 Å². The van der Waals surface area contributed by atoms with Gasteiger partial charge >= 0.3 is 5.00 Å². The van der Waals surface area contributed by atoms with Gasteiger partial charge in [-0.05, 0) is 30.0 Å². The van der Waals surface area contributed by atoms with Gasteiger partial charge in [0, 0.05) is 23.5 Å². The molecule has 3 rings (SSSR count). The maximum atomic E-state index is 10.6. The third kappa shape index (κ3) is 2.52. The Bertz CT molecular complexity index is 609. The van der Waals surface area contributed by atoms with E-state index in [-0.39, 0.29) is 9.92 Å². The largest absolute Gasteiger partial charge is 0.324 e. The zero-order valence-electron chi connectivity index (χ0n) is 10.3. The number of thiophene rings is 1. The first kappa shape index (κ1) is 12.3. The van der Waals surface area contributed by atoms with Crippen LogP contribution in [-0.2, 0) is 13.0 Å². The van der Waals surface area contributed by atoms with Gasteiger partial charge in [0.05, 0.1) is 4.92 Å². The first-order valence-corrected chi connectivity index (χ1v) is 7.10. The smallest absolute Gasteiger partial charge is 0.305 e. The quantitative estimate of drug-likeness (QED) is 0.686. The Balaban J connectivity index is 1.65. The molecule has 19 heavy (non-hydrogen) atoms. The fourth-order valence-electron chi connectivity index (χ4n) is 2.55. The molecule has 1 atom stereocenters. The number of nitrogens with zero attached hydrogens (tertiary/aromatic N) is 1. The monoisotopic (exact) mass is 274 g/mol. The number of nitro groups is 1. The fourth-order valence-corrected chi connectivity index (χ4v) is 3.32. The van der Waals surface area contributed by atoms with Gasteiger partial charge in [0.2, 0.25) is 0 Å². The number of aryl methyl sites for hydroxylation is 1. The molecule has 98 valence electrons. The Kier molecular flexibility index (Phi) is 3.31. The molecule has 2 aromatic rings. The van der Waals surface area contributed by atoms with Crippen LogP contribution < -0.4 is 5.32 Å². The molecular formula is C14H14N2O2S. The summed E-state index contributed by atoms with van der Waals surface area (Å²) in [5, 5.41) is 14.3. The Labute approximate surface area is 115 Å². The minimum atomic E-state index is -0.334.